The van der Waals surface area contributed by atoms with E-state index in [4.69, 9.17) is 28.6 Å². The smallest absolute Gasteiger partial charge is 0.276 e. The summed E-state index contributed by atoms with van der Waals surface area (Å²) in [5, 5.41) is 4.68. The standard InChI is InChI=1S/C20H15BrClN3O3S/c21-18-13-6-2-1-5-12(13)9-10-16(18)28-11-17(26)24-25-20(29)23-19(27)14-7-3-4-8-15(14)22/h1-10H,11H2,(H,24,26)(H2,23,25,27,29). The first-order valence-corrected chi connectivity index (χ1v) is 9.98. The predicted octanol–water partition coefficient (Wildman–Crippen LogP) is 3.97. The molecule has 148 valence electrons. The quantitative estimate of drug-likeness (QED) is 0.379. The third-order valence-electron chi connectivity index (χ3n) is 3.85. The number of ether oxygens (including phenoxy) is 1. The van der Waals surface area contributed by atoms with Gasteiger partial charge in [0.2, 0.25) is 0 Å². The molecule has 3 N–H and O–H groups in total. The second kappa shape index (κ2) is 9.69. The van der Waals surface area contributed by atoms with E-state index in [9.17, 15) is 9.59 Å². The Kier molecular flexibility index (Phi) is 7.03. The Morgan fingerprint density at radius 3 is 2.52 bits per heavy atom. The first kappa shape index (κ1) is 21.0. The first-order chi connectivity index (χ1) is 14.0. The topological polar surface area (TPSA) is 79.5 Å². The molecule has 0 unspecified atom stereocenters. The molecule has 0 radical (unpaired) electrons. The summed E-state index contributed by atoms with van der Waals surface area (Å²) in [5.41, 5.74) is 5.08. The SMILES string of the molecule is O=C(COc1ccc2ccccc2c1Br)NNC(=S)NC(=O)c1ccccc1Cl. The Morgan fingerprint density at radius 2 is 1.72 bits per heavy atom. The van der Waals surface area contributed by atoms with Gasteiger partial charge in [0.1, 0.15) is 5.75 Å². The summed E-state index contributed by atoms with van der Waals surface area (Å²) < 4.78 is 6.32. The molecule has 6 nitrogen and oxygen atoms in total. The number of carbonyl (C=O) groups excluding carboxylic acids is 2. The minimum atomic E-state index is -0.487. The second-order valence-electron chi connectivity index (χ2n) is 5.82. The molecular weight excluding hydrogens is 478 g/mol. The summed E-state index contributed by atoms with van der Waals surface area (Å²) in [6, 6.07) is 18.0. The minimum Gasteiger partial charge on any atom is -0.483 e. The van der Waals surface area contributed by atoms with Crippen LogP contribution in [0.3, 0.4) is 0 Å². The van der Waals surface area contributed by atoms with Crippen molar-refractivity contribution in [3.63, 3.8) is 0 Å². The third-order valence-corrected chi connectivity index (χ3v) is 5.20. The summed E-state index contributed by atoms with van der Waals surface area (Å²) in [7, 11) is 0. The van der Waals surface area contributed by atoms with E-state index in [1.807, 2.05) is 30.3 Å². The lowest BCUT2D eigenvalue weighted by atomic mass is 10.1. The zero-order valence-corrected chi connectivity index (χ0v) is 18.0. The Labute approximate surface area is 185 Å². The van der Waals surface area contributed by atoms with Crippen LogP contribution < -0.4 is 20.9 Å². The van der Waals surface area contributed by atoms with Crippen LogP contribution >= 0.6 is 39.7 Å². The van der Waals surface area contributed by atoms with Crippen molar-refractivity contribution in [1.82, 2.24) is 16.2 Å². The van der Waals surface area contributed by atoms with E-state index < -0.39 is 11.8 Å². The lowest BCUT2D eigenvalue weighted by molar-refractivity contribution is -0.123. The van der Waals surface area contributed by atoms with E-state index in [1.54, 1.807) is 30.3 Å². The molecule has 0 aliphatic heterocycles. The summed E-state index contributed by atoms with van der Waals surface area (Å²) in [5.74, 6) is -0.424. The molecule has 0 aliphatic carbocycles. The zero-order chi connectivity index (χ0) is 20.8. The molecule has 0 bridgehead atoms. The van der Waals surface area contributed by atoms with Crippen molar-refractivity contribution in [3.8, 4) is 5.75 Å². The van der Waals surface area contributed by atoms with Crippen LogP contribution in [0.5, 0.6) is 5.75 Å². The molecule has 29 heavy (non-hydrogen) atoms. The van der Waals surface area contributed by atoms with Crippen LogP contribution in [0.15, 0.2) is 65.1 Å². The number of thiocarbonyl (C=S) groups is 1. The van der Waals surface area contributed by atoms with Crippen molar-refractivity contribution >= 4 is 67.4 Å². The van der Waals surface area contributed by atoms with Crippen molar-refractivity contribution in [1.29, 1.82) is 0 Å². The van der Waals surface area contributed by atoms with Crippen molar-refractivity contribution < 1.29 is 14.3 Å². The van der Waals surface area contributed by atoms with E-state index in [0.29, 0.717) is 10.8 Å². The van der Waals surface area contributed by atoms with E-state index >= 15 is 0 Å². The number of nitrogens with one attached hydrogen (secondary N) is 3. The molecule has 2 amide bonds. The summed E-state index contributed by atoms with van der Waals surface area (Å²) in [6.45, 7) is -0.245. The van der Waals surface area contributed by atoms with Crippen LogP contribution in [-0.4, -0.2) is 23.5 Å². The molecule has 0 atom stereocenters. The molecule has 0 saturated heterocycles. The largest absolute Gasteiger partial charge is 0.483 e. The van der Waals surface area contributed by atoms with Crippen molar-refractivity contribution in [2.24, 2.45) is 0 Å². The number of hydrogen-bond donors (Lipinski definition) is 3. The Hall–Kier alpha value is -2.68. The number of fused-ring (bicyclic) bond motifs is 1. The third kappa shape index (κ3) is 5.44. The Bertz CT molecular complexity index is 1090. The number of benzene rings is 3. The van der Waals surface area contributed by atoms with Crippen molar-refractivity contribution in [2.75, 3.05) is 6.61 Å². The maximum atomic E-state index is 12.1. The van der Waals surface area contributed by atoms with Gasteiger partial charge in [0, 0.05) is 0 Å². The first-order valence-electron chi connectivity index (χ1n) is 8.40. The van der Waals surface area contributed by atoms with Gasteiger partial charge in [-0.25, -0.2) is 0 Å². The fourth-order valence-corrected chi connectivity index (χ4v) is 3.45. The summed E-state index contributed by atoms with van der Waals surface area (Å²) in [4.78, 5) is 24.1. The lowest BCUT2D eigenvalue weighted by Crippen LogP contribution is -2.49. The number of carbonyl (C=O) groups is 2. The fraction of sp³-hybridized carbons (Fsp3) is 0.0500. The number of rotatable bonds is 4. The van der Waals surface area contributed by atoms with E-state index in [0.717, 1.165) is 15.2 Å². The Balaban J connectivity index is 1.49. The lowest BCUT2D eigenvalue weighted by Gasteiger charge is -2.13. The molecule has 0 spiro atoms. The monoisotopic (exact) mass is 491 g/mol. The van der Waals surface area contributed by atoms with Crippen molar-refractivity contribution in [3.05, 3.63) is 75.7 Å². The summed E-state index contributed by atoms with van der Waals surface area (Å²) >= 11 is 14.5. The molecule has 0 fully saturated rings. The molecule has 0 aliphatic rings. The molecule has 3 aromatic carbocycles. The van der Waals surface area contributed by atoms with Gasteiger partial charge in [-0.3, -0.25) is 25.8 Å². The number of hydrazine groups is 1. The highest BCUT2D eigenvalue weighted by Gasteiger charge is 2.12. The van der Waals surface area contributed by atoms with Gasteiger partial charge in [-0.1, -0.05) is 54.1 Å². The van der Waals surface area contributed by atoms with Gasteiger partial charge in [0.05, 0.1) is 15.1 Å². The number of hydrogen-bond acceptors (Lipinski definition) is 4. The van der Waals surface area contributed by atoms with Gasteiger partial charge >= 0.3 is 0 Å². The van der Waals surface area contributed by atoms with Crippen LogP contribution in [0.2, 0.25) is 5.02 Å². The molecule has 0 heterocycles. The highest BCUT2D eigenvalue weighted by Crippen LogP contribution is 2.32. The van der Waals surface area contributed by atoms with Crippen LogP contribution in [0.1, 0.15) is 10.4 Å². The average molecular weight is 493 g/mol. The molecule has 0 aromatic heterocycles. The van der Waals surface area contributed by atoms with Gasteiger partial charge in [0.15, 0.2) is 11.7 Å². The van der Waals surface area contributed by atoms with Gasteiger partial charge in [-0.15, -0.1) is 0 Å². The fourth-order valence-electron chi connectivity index (χ4n) is 2.48. The van der Waals surface area contributed by atoms with Crippen LogP contribution in [0, 0.1) is 0 Å². The van der Waals surface area contributed by atoms with E-state index in [1.165, 1.54) is 0 Å². The molecule has 0 saturated carbocycles. The van der Waals surface area contributed by atoms with Crippen LogP contribution in [0.4, 0.5) is 0 Å². The summed E-state index contributed by atoms with van der Waals surface area (Å²) in [6.07, 6.45) is 0. The van der Waals surface area contributed by atoms with Gasteiger partial charge in [-0.05, 0) is 57.1 Å². The molecular formula is C20H15BrClN3O3S. The number of halogens is 2. The maximum Gasteiger partial charge on any atom is 0.276 e. The second-order valence-corrected chi connectivity index (χ2v) is 7.43. The van der Waals surface area contributed by atoms with Gasteiger partial charge < -0.3 is 4.74 Å². The van der Waals surface area contributed by atoms with Crippen LogP contribution in [-0.2, 0) is 4.79 Å². The molecule has 3 rings (SSSR count). The van der Waals surface area contributed by atoms with E-state index in [-0.39, 0.29) is 17.3 Å². The zero-order valence-electron chi connectivity index (χ0n) is 14.9. The van der Waals surface area contributed by atoms with Gasteiger partial charge in [-0.2, -0.15) is 0 Å². The highest BCUT2D eigenvalue weighted by atomic mass is 79.9. The predicted molar refractivity (Wildman–Crippen MR) is 120 cm³/mol. The van der Waals surface area contributed by atoms with Crippen LogP contribution in [0.25, 0.3) is 10.8 Å². The average Bonchev–Trinajstić information content (AvgIpc) is 2.72. The maximum absolute atomic E-state index is 12.1. The highest BCUT2D eigenvalue weighted by molar-refractivity contribution is 9.10. The Morgan fingerprint density at radius 1 is 1.00 bits per heavy atom. The van der Waals surface area contributed by atoms with E-state index in [2.05, 4.69) is 32.1 Å². The van der Waals surface area contributed by atoms with Gasteiger partial charge in [0.25, 0.3) is 11.8 Å². The molecule has 9 heteroatoms. The minimum absolute atomic E-state index is 0.0739. The van der Waals surface area contributed by atoms with Crippen molar-refractivity contribution in [2.45, 2.75) is 0 Å². The number of amides is 2. The molecule has 3 aromatic rings. The normalized spacial score (nSPS) is 10.3.